The third-order valence-electron chi connectivity index (χ3n) is 8.60. The van der Waals surface area contributed by atoms with Crippen LogP contribution < -0.4 is 21.3 Å². The standard InChI is InChI=1S/C34H44N6O10/c1-47-19-27(37-33(45)49-3)31(43)39-15-13-23(17-39)29(41)35-25-9-5-21(6-10-25)22-7-11-26(12-8-22)36-30(42)24-14-16-40(18-24)32(44)28(20-48-2)38-34(46)50-4/h5-12,23-24,27-28H,13-20H2,1-4H3,(H,35,41)(H,36,42)(H,37,45)(H,38,46)/t23-,24+,27+,28-. The summed E-state index contributed by atoms with van der Waals surface area (Å²) < 4.78 is 19.3. The second-order valence-electron chi connectivity index (χ2n) is 12.0. The van der Waals surface area contributed by atoms with E-state index in [4.69, 9.17) is 9.47 Å². The lowest BCUT2D eigenvalue weighted by molar-refractivity contribution is -0.134. The van der Waals surface area contributed by atoms with Gasteiger partial charge in [-0.05, 0) is 48.2 Å². The molecule has 2 aliphatic heterocycles. The van der Waals surface area contributed by atoms with E-state index in [0.29, 0.717) is 37.3 Å². The first-order valence-corrected chi connectivity index (χ1v) is 16.1. The van der Waals surface area contributed by atoms with Crippen LogP contribution in [0.2, 0.25) is 0 Å². The lowest BCUT2D eigenvalue weighted by Gasteiger charge is -2.23. The Morgan fingerprint density at radius 3 is 1.30 bits per heavy atom. The average molecular weight is 697 g/mol. The van der Waals surface area contributed by atoms with Gasteiger partial charge in [-0.2, -0.15) is 0 Å². The molecule has 0 aromatic heterocycles. The molecule has 270 valence electrons. The van der Waals surface area contributed by atoms with Gasteiger partial charge in [-0.3, -0.25) is 19.2 Å². The summed E-state index contributed by atoms with van der Waals surface area (Å²) in [5.41, 5.74) is 3.01. The molecule has 16 heteroatoms. The number of methoxy groups -OCH3 is 4. The number of ether oxygens (including phenoxy) is 4. The van der Waals surface area contributed by atoms with Crippen LogP contribution >= 0.6 is 0 Å². The van der Waals surface area contributed by atoms with Crippen LogP contribution in [0, 0.1) is 11.8 Å². The van der Waals surface area contributed by atoms with Crippen molar-refractivity contribution < 1.29 is 47.7 Å². The van der Waals surface area contributed by atoms with Gasteiger partial charge in [0.25, 0.3) is 0 Å². The zero-order chi connectivity index (χ0) is 36.2. The Labute approximate surface area is 290 Å². The van der Waals surface area contributed by atoms with E-state index in [9.17, 15) is 28.8 Å². The van der Waals surface area contributed by atoms with Crippen LogP contribution in [0.4, 0.5) is 21.0 Å². The van der Waals surface area contributed by atoms with Crippen LogP contribution in [0.5, 0.6) is 0 Å². The molecule has 2 aromatic rings. The maximum atomic E-state index is 13.0. The molecule has 2 fully saturated rings. The Kier molecular flexibility index (Phi) is 13.5. The normalized spacial score (nSPS) is 18.1. The predicted molar refractivity (Wildman–Crippen MR) is 181 cm³/mol. The maximum absolute atomic E-state index is 13.0. The first kappa shape index (κ1) is 37.6. The maximum Gasteiger partial charge on any atom is 0.407 e. The van der Waals surface area contributed by atoms with E-state index < -0.39 is 36.1 Å². The molecule has 2 aromatic carbocycles. The van der Waals surface area contributed by atoms with Gasteiger partial charge in [0.05, 0.1) is 39.3 Å². The van der Waals surface area contributed by atoms with Gasteiger partial charge in [-0.25, -0.2) is 9.59 Å². The third-order valence-corrected chi connectivity index (χ3v) is 8.60. The van der Waals surface area contributed by atoms with Gasteiger partial charge in [-0.1, -0.05) is 24.3 Å². The fourth-order valence-electron chi connectivity index (χ4n) is 5.86. The monoisotopic (exact) mass is 696 g/mol. The van der Waals surface area contributed by atoms with E-state index in [2.05, 4.69) is 30.7 Å². The summed E-state index contributed by atoms with van der Waals surface area (Å²) in [7, 11) is 5.26. The highest BCUT2D eigenvalue weighted by atomic mass is 16.5. The number of carbonyl (C=O) groups is 6. The molecule has 0 saturated carbocycles. The summed E-state index contributed by atoms with van der Waals surface area (Å²) >= 11 is 0. The van der Waals surface area contributed by atoms with Crippen molar-refractivity contribution in [2.75, 3.05) is 78.5 Å². The Hall–Kier alpha value is -5.22. The van der Waals surface area contributed by atoms with Gasteiger partial charge in [-0.15, -0.1) is 0 Å². The Morgan fingerprint density at radius 1 is 0.620 bits per heavy atom. The summed E-state index contributed by atoms with van der Waals surface area (Å²) in [6.07, 6.45) is -0.519. The fraction of sp³-hybridized carbons (Fsp3) is 0.471. The minimum Gasteiger partial charge on any atom is -0.453 e. The number of hydrogen-bond acceptors (Lipinski definition) is 10. The number of nitrogens with one attached hydrogen (secondary N) is 4. The summed E-state index contributed by atoms with van der Waals surface area (Å²) in [4.78, 5) is 78.2. The second-order valence-corrected chi connectivity index (χ2v) is 12.0. The zero-order valence-electron chi connectivity index (χ0n) is 28.6. The molecule has 0 aliphatic carbocycles. The summed E-state index contributed by atoms with van der Waals surface area (Å²) in [6.45, 7) is 1.14. The number of hydrogen-bond donors (Lipinski definition) is 4. The van der Waals surface area contributed by atoms with Gasteiger partial charge < -0.3 is 50.0 Å². The number of rotatable bonds is 13. The van der Waals surface area contributed by atoms with E-state index in [-0.39, 0.29) is 49.9 Å². The molecule has 4 atom stereocenters. The van der Waals surface area contributed by atoms with Gasteiger partial charge >= 0.3 is 12.2 Å². The minimum absolute atomic E-state index is 0.0239. The van der Waals surface area contributed by atoms with Crippen molar-refractivity contribution in [2.45, 2.75) is 24.9 Å². The quantitative estimate of drug-likeness (QED) is 0.239. The molecule has 4 rings (SSSR count). The number of benzene rings is 2. The molecule has 2 saturated heterocycles. The molecule has 50 heavy (non-hydrogen) atoms. The fourth-order valence-corrected chi connectivity index (χ4v) is 5.86. The van der Waals surface area contributed by atoms with Crippen LogP contribution in [0.3, 0.4) is 0 Å². The molecule has 16 nitrogen and oxygen atoms in total. The number of anilines is 2. The number of amides is 6. The van der Waals surface area contributed by atoms with Gasteiger partial charge in [0.15, 0.2) is 0 Å². The first-order valence-electron chi connectivity index (χ1n) is 16.1. The van der Waals surface area contributed by atoms with Crippen molar-refractivity contribution in [2.24, 2.45) is 11.8 Å². The lowest BCUT2D eigenvalue weighted by Crippen LogP contribution is -2.50. The van der Waals surface area contributed by atoms with Crippen LogP contribution in [-0.2, 0) is 38.1 Å². The topological polar surface area (TPSA) is 194 Å². The summed E-state index contributed by atoms with van der Waals surface area (Å²) in [5.74, 6) is -1.93. The smallest absolute Gasteiger partial charge is 0.407 e. The first-order chi connectivity index (χ1) is 24.1. The predicted octanol–water partition coefficient (Wildman–Crippen LogP) is 1.67. The van der Waals surface area contributed by atoms with E-state index >= 15 is 0 Å². The Bertz CT molecular complexity index is 1410. The van der Waals surface area contributed by atoms with Crippen LogP contribution in [-0.4, -0.2) is 126 Å². The highest BCUT2D eigenvalue weighted by molar-refractivity contribution is 5.95. The number of carbonyl (C=O) groups excluding carboxylic acids is 6. The van der Waals surface area contributed by atoms with Crippen molar-refractivity contribution in [1.29, 1.82) is 0 Å². The van der Waals surface area contributed by atoms with Crippen molar-refractivity contribution >= 4 is 47.2 Å². The highest BCUT2D eigenvalue weighted by Gasteiger charge is 2.36. The van der Waals surface area contributed by atoms with E-state index in [0.717, 1.165) is 11.1 Å². The van der Waals surface area contributed by atoms with Gasteiger partial charge in [0, 0.05) is 51.8 Å². The molecular formula is C34H44N6O10. The summed E-state index contributed by atoms with van der Waals surface area (Å²) in [6, 6.07) is 12.8. The van der Waals surface area contributed by atoms with Crippen molar-refractivity contribution in [3.05, 3.63) is 48.5 Å². The molecule has 0 unspecified atom stereocenters. The molecule has 2 aliphatic rings. The number of likely N-dealkylation sites (tertiary alicyclic amines) is 2. The SMILES string of the molecule is COC[C@H](NC(=O)OC)C(=O)N1CC[C@@H](C(=O)Nc2ccc(-c3ccc(NC(=O)[C@H]4CCN(C(=O)[C@@H](COC)NC(=O)OC)C4)cc3)cc2)C1. The van der Waals surface area contributed by atoms with Crippen molar-refractivity contribution in [3.8, 4) is 11.1 Å². The van der Waals surface area contributed by atoms with E-state index in [1.165, 1.54) is 38.2 Å². The minimum atomic E-state index is -0.915. The molecule has 0 radical (unpaired) electrons. The highest BCUT2D eigenvalue weighted by Crippen LogP contribution is 2.26. The average Bonchev–Trinajstić information content (AvgIpc) is 3.83. The lowest BCUT2D eigenvalue weighted by atomic mass is 10.0. The zero-order valence-corrected chi connectivity index (χ0v) is 28.6. The molecule has 4 N–H and O–H groups in total. The van der Waals surface area contributed by atoms with Crippen molar-refractivity contribution in [1.82, 2.24) is 20.4 Å². The second kappa shape index (κ2) is 18.0. The Morgan fingerprint density at radius 2 is 0.980 bits per heavy atom. The largest absolute Gasteiger partial charge is 0.453 e. The van der Waals surface area contributed by atoms with E-state index in [1.54, 1.807) is 24.3 Å². The molecule has 2 heterocycles. The summed E-state index contributed by atoms with van der Waals surface area (Å²) in [5, 5.41) is 10.8. The van der Waals surface area contributed by atoms with Crippen LogP contribution in [0.1, 0.15) is 12.8 Å². The Balaban J connectivity index is 1.26. The molecular weight excluding hydrogens is 652 g/mol. The number of alkyl carbamates (subject to hydrolysis) is 2. The van der Waals surface area contributed by atoms with E-state index in [1.807, 2.05) is 24.3 Å². The molecule has 0 spiro atoms. The molecule has 6 amide bonds. The van der Waals surface area contributed by atoms with Crippen molar-refractivity contribution in [3.63, 3.8) is 0 Å². The van der Waals surface area contributed by atoms with Gasteiger partial charge in [0.2, 0.25) is 23.6 Å². The van der Waals surface area contributed by atoms with Crippen LogP contribution in [0.15, 0.2) is 48.5 Å². The number of nitrogens with zero attached hydrogens (tertiary/aromatic N) is 2. The third kappa shape index (κ3) is 9.92. The van der Waals surface area contributed by atoms with Gasteiger partial charge in [0.1, 0.15) is 12.1 Å². The van der Waals surface area contributed by atoms with Crippen LogP contribution in [0.25, 0.3) is 11.1 Å². The molecule has 0 bridgehead atoms.